The number of halogens is 3. The summed E-state index contributed by atoms with van der Waals surface area (Å²) >= 11 is 1.16. The van der Waals surface area contributed by atoms with Gasteiger partial charge in [-0.2, -0.15) is 23.1 Å². The minimum Gasteiger partial charge on any atom is -0.394 e. The number of thiophene rings is 1. The molecule has 2 N–H and O–H groups in total. The summed E-state index contributed by atoms with van der Waals surface area (Å²) in [6.45, 7) is -0.334. The van der Waals surface area contributed by atoms with Crippen molar-refractivity contribution in [2.24, 2.45) is 7.05 Å². The molecular formula is C22H17F3N6O2S. The van der Waals surface area contributed by atoms with E-state index in [0.29, 0.717) is 37.6 Å². The highest BCUT2D eigenvalue weighted by Gasteiger charge is 2.30. The molecule has 174 valence electrons. The lowest BCUT2D eigenvalue weighted by atomic mass is 10.2. The van der Waals surface area contributed by atoms with Crippen molar-refractivity contribution >= 4 is 38.6 Å². The Hall–Kier alpha value is -3.77. The third-order valence-corrected chi connectivity index (χ3v) is 6.41. The Bertz CT molecular complexity index is 1490. The van der Waals surface area contributed by atoms with Gasteiger partial charge in [0.15, 0.2) is 5.65 Å². The Morgan fingerprint density at radius 2 is 1.94 bits per heavy atom. The van der Waals surface area contributed by atoms with Crippen LogP contribution in [0.15, 0.2) is 54.7 Å². The summed E-state index contributed by atoms with van der Waals surface area (Å²) in [4.78, 5) is 19.5. The van der Waals surface area contributed by atoms with E-state index in [2.05, 4.69) is 20.5 Å². The molecule has 34 heavy (non-hydrogen) atoms. The lowest BCUT2D eigenvalue weighted by Crippen LogP contribution is -2.30. The number of carbonyl (C=O) groups is 1. The van der Waals surface area contributed by atoms with Crippen LogP contribution in [0.5, 0.6) is 0 Å². The van der Waals surface area contributed by atoms with Crippen molar-refractivity contribution < 1.29 is 23.1 Å². The number of benzene rings is 1. The normalized spacial score (nSPS) is 13.0. The van der Waals surface area contributed by atoms with E-state index in [0.717, 1.165) is 23.5 Å². The molecule has 0 unspecified atom stereocenters. The first kappa shape index (κ1) is 22.0. The van der Waals surface area contributed by atoms with E-state index < -0.39 is 23.7 Å². The Kier molecular flexibility index (Phi) is 5.33. The number of amides is 1. The predicted octanol–water partition coefficient (Wildman–Crippen LogP) is 3.85. The number of hydrogen-bond acceptors (Lipinski definition) is 6. The third kappa shape index (κ3) is 3.80. The monoisotopic (exact) mass is 486 g/mol. The molecule has 1 atom stereocenters. The van der Waals surface area contributed by atoms with E-state index in [-0.39, 0.29) is 6.61 Å². The molecule has 12 heteroatoms. The second-order valence-electron chi connectivity index (χ2n) is 7.53. The van der Waals surface area contributed by atoms with E-state index in [1.165, 1.54) is 16.9 Å². The molecule has 5 rings (SSSR count). The lowest BCUT2D eigenvalue weighted by molar-refractivity contribution is -0.137. The van der Waals surface area contributed by atoms with Crippen molar-refractivity contribution in [3.8, 4) is 5.69 Å². The summed E-state index contributed by atoms with van der Waals surface area (Å²) in [6, 6.07) is 10.9. The van der Waals surface area contributed by atoms with E-state index in [1.54, 1.807) is 42.1 Å². The van der Waals surface area contributed by atoms with Crippen LogP contribution in [-0.2, 0) is 13.2 Å². The molecule has 0 saturated heterocycles. The zero-order valence-electron chi connectivity index (χ0n) is 17.6. The number of fused-ring (bicyclic) bond motifs is 3. The number of aryl methyl sites for hydroxylation is 1. The zero-order chi connectivity index (χ0) is 24.0. The van der Waals surface area contributed by atoms with Gasteiger partial charge in [-0.05, 0) is 42.5 Å². The van der Waals surface area contributed by atoms with Crippen molar-refractivity contribution in [3.05, 3.63) is 70.9 Å². The van der Waals surface area contributed by atoms with Gasteiger partial charge in [-0.15, -0.1) is 16.4 Å². The number of carbonyl (C=O) groups excluding carboxylic acids is 1. The molecule has 0 aliphatic rings. The number of pyridine rings is 1. The van der Waals surface area contributed by atoms with Crippen molar-refractivity contribution in [1.82, 2.24) is 29.9 Å². The summed E-state index contributed by atoms with van der Waals surface area (Å²) in [5, 5.41) is 21.9. The molecule has 8 nitrogen and oxygen atoms in total. The molecule has 5 aromatic rings. The van der Waals surface area contributed by atoms with Gasteiger partial charge < -0.3 is 10.4 Å². The fourth-order valence-electron chi connectivity index (χ4n) is 3.71. The zero-order valence-corrected chi connectivity index (χ0v) is 18.4. The highest BCUT2D eigenvalue weighted by Crippen LogP contribution is 2.37. The van der Waals surface area contributed by atoms with Crippen LogP contribution in [0.4, 0.5) is 13.2 Å². The minimum absolute atomic E-state index is 0.334. The summed E-state index contributed by atoms with van der Waals surface area (Å²) in [5.74, 6) is -0.415. The second-order valence-corrected chi connectivity index (χ2v) is 8.57. The summed E-state index contributed by atoms with van der Waals surface area (Å²) < 4.78 is 40.7. The smallest absolute Gasteiger partial charge is 0.394 e. The first-order chi connectivity index (χ1) is 16.3. The Morgan fingerprint density at radius 3 is 2.59 bits per heavy atom. The molecule has 0 radical (unpaired) electrons. The number of alkyl halides is 3. The molecule has 0 bridgehead atoms. The maximum absolute atomic E-state index is 13.0. The average molecular weight is 486 g/mol. The van der Waals surface area contributed by atoms with Crippen molar-refractivity contribution in [3.63, 3.8) is 0 Å². The van der Waals surface area contributed by atoms with Gasteiger partial charge in [0.25, 0.3) is 5.91 Å². The van der Waals surface area contributed by atoms with E-state index in [4.69, 9.17) is 0 Å². The second kappa shape index (κ2) is 8.22. The number of rotatable bonds is 5. The Balaban J connectivity index is 1.56. The molecule has 0 spiro atoms. The van der Waals surface area contributed by atoms with Gasteiger partial charge in [0, 0.05) is 24.3 Å². The molecule has 0 aliphatic heterocycles. The van der Waals surface area contributed by atoms with Crippen molar-refractivity contribution in [2.75, 3.05) is 6.61 Å². The van der Waals surface area contributed by atoms with Crippen LogP contribution in [0.25, 0.3) is 27.1 Å². The van der Waals surface area contributed by atoms with E-state index >= 15 is 0 Å². The first-order valence-electron chi connectivity index (χ1n) is 10.1. The molecule has 1 amide bonds. The molecule has 4 aromatic heterocycles. The molecule has 0 fully saturated rings. The van der Waals surface area contributed by atoms with Gasteiger partial charge in [0.2, 0.25) is 0 Å². The number of aromatic nitrogens is 5. The average Bonchev–Trinajstić information content (AvgIpc) is 3.48. The molecular weight excluding hydrogens is 469 g/mol. The van der Waals surface area contributed by atoms with E-state index in [9.17, 15) is 23.1 Å². The SMILES string of the molecule is Cn1nc2c3cc(C(=O)N[C@H](CO)c4ccccn4)sc3n(-c3ccc(C(F)(F)F)cc3)c2n1. The van der Waals surface area contributed by atoms with E-state index in [1.807, 2.05) is 0 Å². The number of nitrogens with one attached hydrogen (secondary N) is 1. The quantitative estimate of drug-likeness (QED) is 0.393. The van der Waals surface area contributed by atoms with Gasteiger partial charge in [-0.25, -0.2) is 0 Å². The Morgan fingerprint density at radius 1 is 1.18 bits per heavy atom. The summed E-state index contributed by atoms with van der Waals surface area (Å²) in [7, 11) is 1.64. The maximum atomic E-state index is 13.0. The van der Waals surface area contributed by atoms with Gasteiger partial charge in [-0.3, -0.25) is 14.3 Å². The Labute approximate surface area is 194 Å². The van der Waals surface area contributed by atoms with Crippen LogP contribution in [0.3, 0.4) is 0 Å². The van der Waals surface area contributed by atoms with Crippen LogP contribution >= 0.6 is 11.3 Å². The number of aliphatic hydroxyl groups excluding tert-OH is 1. The fourth-order valence-corrected chi connectivity index (χ4v) is 4.80. The maximum Gasteiger partial charge on any atom is 0.416 e. The topological polar surface area (TPSA) is 97.9 Å². The van der Waals surface area contributed by atoms with Crippen LogP contribution in [0, 0.1) is 0 Å². The third-order valence-electron chi connectivity index (χ3n) is 5.29. The number of hydrogen-bond donors (Lipinski definition) is 2. The molecule has 0 aliphatic carbocycles. The minimum atomic E-state index is -4.45. The van der Waals surface area contributed by atoms with Crippen LogP contribution < -0.4 is 5.32 Å². The fraction of sp³-hybridized carbons (Fsp3) is 0.182. The molecule has 1 aromatic carbocycles. The summed E-state index contributed by atoms with van der Waals surface area (Å²) in [5.41, 5.74) is 1.22. The number of aliphatic hydroxyl groups is 1. The first-order valence-corrected chi connectivity index (χ1v) is 10.9. The van der Waals surface area contributed by atoms with Crippen molar-refractivity contribution in [1.29, 1.82) is 0 Å². The number of nitrogens with zero attached hydrogens (tertiary/aromatic N) is 5. The molecule has 0 saturated carbocycles. The highest BCUT2D eigenvalue weighted by molar-refractivity contribution is 7.20. The highest BCUT2D eigenvalue weighted by atomic mass is 32.1. The molecule has 4 heterocycles. The van der Waals surface area contributed by atoms with Crippen LogP contribution in [0.1, 0.15) is 27.0 Å². The van der Waals surface area contributed by atoms with Gasteiger partial charge in [-0.1, -0.05) is 6.07 Å². The van der Waals surface area contributed by atoms with Crippen molar-refractivity contribution in [2.45, 2.75) is 12.2 Å². The summed E-state index contributed by atoms with van der Waals surface area (Å²) in [6.07, 6.45) is -2.88. The van der Waals surface area contributed by atoms with Gasteiger partial charge in [0.05, 0.1) is 28.8 Å². The van der Waals surface area contributed by atoms with Gasteiger partial charge >= 0.3 is 6.18 Å². The van der Waals surface area contributed by atoms with Crippen LogP contribution in [-0.4, -0.2) is 42.2 Å². The van der Waals surface area contributed by atoms with Gasteiger partial charge in [0.1, 0.15) is 10.3 Å². The van der Waals surface area contributed by atoms with Crippen LogP contribution in [0.2, 0.25) is 0 Å². The predicted molar refractivity (Wildman–Crippen MR) is 120 cm³/mol. The largest absolute Gasteiger partial charge is 0.416 e. The lowest BCUT2D eigenvalue weighted by Gasteiger charge is -2.14. The standard InChI is InChI=1S/C22H17F3N6O2S/c1-30-28-18-14-10-17(20(33)27-16(11-32)15-4-2-3-9-26-15)34-21(14)31(19(18)29-30)13-7-5-12(6-8-13)22(23,24)25/h2-10,16,32H,11H2,1H3,(H,27,33)/t16-/m1/s1.